The summed E-state index contributed by atoms with van der Waals surface area (Å²) < 4.78 is 5.17. The molecule has 94 valence electrons. The van der Waals surface area contributed by atoms with Crippen LogP contribution in [0.3, 0.4) is 0 Å². The lowest BCUT2D eigenvalue weighted by Gasteiger charge is -2.28. The van der Waals surface area contributed by atoms with Crippen LogP contribution in [-0.4, -0.2) is 35.1 Å². The highest BCUT2D eigenvalue weighted by Crippen LogP contribution is 2.30. The molecule has 0 radical (unpaired) electrons. The summed E-state index contributed by atoms with van der Waals surface area (Å²) in [5.74, 6) is 0.210. The summed E-state index contributed by atoms with van der Waals surface area (Å²) in [5.41, 5.74) is 0.130. The lowest BCUT2D eigenvalue weighted by Crippen LogP contribution is -2.42. The van der Waals surface area contributed by atoms with Crippen molar-refractivity contribution in [3.63, 3.8) is 0 Å². The van der Waals surface area contributed by atoms with Crippen molar-refractivity contribution in [3.05, 3.63) is 23.7 Å². The Kier molecular flexibility index (Phi) is 3.24. The molecule has 0 saturated heterocycles. The highest BCUT2D eigenvalue weighted by Gasteiger charge is 2.34. The monoisotopic (exact) mass is 237 g/mol. The average Bonchev–Trinajstić information content (AvgIpc) is 2.86. The molecule has 2 rings (SSSR count). The van der Waals surface area contributed by atoms with Crippen LogP contribution < -0.4 is 0 Å². The van der Waals surface area contributed by atoms with Crippen LogP contribution in [-0.2, 0) is 0 Å². The number of nitrogens with zero attached hydrogens (tertiary/aromatic N) is 1. The second-order valence-electron chi connectivity index (χ2n) is 5.03. The molecule has 1 N–H and O–H groups in total. The molecule has 4 nitrogen and oxygen atoms in total. The minimum atomic E-state index is -0.703. The second-order valence-corrected chi connectivity index (χ2v) is 5.03. The Bertz CT molecular complexity index is 405. The molecule has 1 aromatic rings. The van der Waals surface area contributed by atoms with E-state index in [2.05, 4.69) is 0 Å². The van der Waals surface area contributed by atoms with E-state index in [4.69, 9.17) is 4.42 Å². The van der Waals surface area contributed by atoms with E-state index in [1.54, 1.807) is 18.0 Å². The van der Waals surface area contributed by atoms with E-state index in [1.165, 1.54) is 6.26 Å². The third-order valence-corrected chi connectivity index (χ3v) is 3.47. The van der Waals surface area contributed by atoms with Crippen LogP contribution in [0.15, 0.2) is 16.7 Å². The Balaban J connectivity index is 2.03. The predicted molar refractivity (Wildman–Crippen MR) is 63.8 cm³/mol. The number of rotatable bonds is 3. The molecule has 1 amide bonds. The molecule has 17 heavy (non-hydrogen) atoms. The van der Waals surface area contributed by atoms with Crippen LogP contribution >= 0.6 is 0 Å². The maximum absolute atomic E-state index is 12.1. The number of carbonyl (C=O) groups is 1. The van der Waals surface area contributed by atoms with Crippen molar-refractivity contribution in [2.45, 2.75) is 38.2 Å². The van der Waals surface area contributed by atoms with Gasteiger partial charge >= 0.3 is 0 Å². The Morgan fingerprint density at radius 2 is 2.18 bits per heavy atom. The van der Waals surface area contributed by atoms with Gasteiger partial charge in [0.05, 0.1) is 11.9 Å². The number of hydrogen-bond donors (Lipinski definition) is 1. The zero-order valence-electron chi connectivity index (χ0n) is 10.4. The predicted octanol–water partition coefficient (Wildman–Crippen LogP) is 1.97. The van der Waals surface area contributed by atoms with Gasteiger partial charge in [-0.05, 0) is 25.8 Å². The summed E-state index contributed by atoms with van der Waals surface area (Å²) in [7, 11) is 1.71. The molecule has 1 fully saturated rings. The minimum absolute atomic E-state index is 0.159. The van der Waals surface area contributed by atoms with Crippen LogP contribution in [0.4, 0.5) is 0 Å². The molecule has 0 aliphatic heterocycles. The summed E-state index contributed by atoms with van der Waals surface area (Å²) in [6.45, 7) is 2.22. The number of likely N-dealkylation sites (N-methyl/N-ethyl adjacent to an activating group) is 1. The third kappa shape index (κ3) is 2.52. The molecule has 1 aromatic heterocycles. The zero-order chi connectivity index (χ0) is 12.5. The molecular formula is C13H19NO3. The van der Waals surface area contributed by atoms with Gasteiger partial charge in [-0.3, -0.25) is 4.79 Å². The van der Waals surface area contributed by atoms with Crippen molar-refractivity contribution in [2.24, 2.45) is 0 Å². The first kappa shape index (κ1) is 12.2. The van der Waals surface area contributed by atoms with Crippen molar-refractivity contribution in [1.82, 2.24) is 4.90 Å². The van der Waals surface area contributed by atoms with Gasteiger partial charge in [0.1, 0.15) is 0 Å². The topological polar surface area (TPSA) is 53.7 Å². The molecule has 1 aliphatic rings. The minimum Gasteiger partial charge on any atom is -0.459 e. The fraction of sp³-hybridized carbons (Fsp3) is 0.615. The number of furan rings is 1. The Labute approximate surface area is 101 Å². The van der Waals surface area contributed by atoms with E-state index < -0.39 is 5.60 Å². The Morgan fingerprint density at radius 1 is 1.53 bits per heavy atom. The van der Waals surface area contributed by atoms with Crippen molar-refractivity contribution in [3.8, 4) is 0 Å². The zero-order valence-corrected chi connectivity index (χ0v) is 10.4. The lowest BCUT2D eigenvalue weighted by atomic mass is 10.0. The maximum Gasteiger partial charge on any atom is 0.289 e. The van der Waals surface area contributed by atoms with Gasteiger partial charge in [0.2, 0.25) is 0 Å². The van der Waals surface area contributed by atoms with Gasteiger partial charge in [-0.25, -0.2) is 0 Å². The Hall–Kier alpha value is -1.29. The highest BCUT2D eigenvalue weighted by molar-refractivity contribution is 5.92. The number of carbonyl (C=O) groups excluding carboxylic acids is 1. The van der Waals surface area contributed by atoms with E-state index in [0.29, 0.717) is 12.3 Å². The fourth-order valence-corrected chi connectivity index (χ4v) is 2.47. The van der Waals surface area contributed by atoms with Crippen LogP contribution in [0.1, 0.15) is 41.8 Å². The molecule has 0 atom stereocenters. The Morgan fingerprint density at radius 3 is 2.71 bits per heavy atom. The summed E-state index contributed by atoms with van der Waals surface area (Å²) >= 11 is 0. The molecule has 0 spiro atoms. The van der Waals surface area contributed by atoms with Gasteiger partial charge < -0.3 is 14.4 Å². The van der Waals surface area contributed by atoms with Crippen LogP contribution in [0.25, 0.3) is 0 Å². The maximum atomic E-state index is 12.1. The number of amides is 1. The number of hydrogen-bond acceptors (Lipinski definition) is 3. The van der Waals surface area contributed by atoms with Crippen LogP contribution in [0.5, 0.6) is 0 Å². The van der Waals surface area contributed by atoms with E-state index >= 15 is 0 Å². The molecule has 1 saturated carbocycles. The van der Waals surface area contributed by atoms with Crippen molar-refractivity contribution in [2.75, 3.05) is 13.6 Å². The van der Waals surface area contributed by atoms with Gasteiger partial charge in [-0.15, -0.1) is 0 Å². The average molecular weight is 237 g/mol. The van der Waals surface area contributed by atoms with Gasteiger partial charge in [0, 0.05) is 19.2 Å². The molecule has 0 unspecified atom stereocenters. The highest BCUT2D eigenvalue weighted by atomic mass is 16.3. The van der Waals surface area contributed by atoms with Gasteiger partial charge in [-0.2, -0.15) is 0 Å². The molecule has 0 aromatic carbocycles. The van der Waals surface area contributed by atoms with Crippen molar-refractivity contribution < 1.29 is 14.3 Å². The van der Waals surface area contributed by atoms with Gasteiger partial charge in [0.25, 0.3) is 5.91 Å². The summed E-state index contributed by atoms with van der Waals surface area (Å²) in [6.07, 6.45) is 5.15. The summed E-state index contributed by atoms with van der Waals surface area (Å²) in [4.78, 5) is 13.6. The fourth-order valence-electron chi connectivity index (χ4n) is 2.47. The molecular weight excluding hydrogens is 218 g/mol. The van der Waals surface area contributed by atoms with Gasteiger partial charge in [0.15, 0.2) is 5.76 Å². The third-order valence-electron chi connectivity index (χ3n) is 3.47. The standard InChI is InChI=1S/C13H19NO3/c1-10-5-8-17-11(10)12(15)14(2)9-13(16)6-3-4-7-13/h5,8,16H,3-4,6-7,9H2,1-2H3. The van der Waals surface area contributed by atoms with E-state index in [-0.39, 0.29) is 5.91 Å². The molecule has 1 heterocycles. The van der Waals surface area contributed by atoms with E-state index in [1.807, 2.05) is 6.92 Å². The number of aryl methyl sites for hydroxylation is 1. The molecule has 4 heteroatoms. The summed E-state index contributed by atoms with van der Waals surface area (Å²) in [5, 5.41) is 10.3. The van der Waals surface area contributed by atoms with Crippen molar-refractivity contribution in [1.29, 1.82) is 0 Å². The molecule has 1 aliphatic carbocycles. The SMILES string of the molecule is Cc1ccoc1C(=O)N(C)CC1(O)CCCC1. The quantitative estimate of drug-likeness (QED) is 0.874. The van der Waals surface area contributed by atoms with E-state index in [9.17, 15) is 9.90 Å². The largest absolute Gasteiger partial charge is 0.459 e. The lowest BCUT2D eigenvalue weighted by molar-refractivity contribution is 0.0146. The second kappa shape index (κ2) is 4.53. The van der Waals surface area contributed by atoms with Crippen LogP contribution in [0, 0.1) is 6.92 Å². The number of aliphatic hydroxyl groups is 1. The first-order valence-electron chi connectivity index (χ1n) is 6.04. The van der Waals surface area contributed by atoms with Gasteiger partial charge in [-0.1, -0.05) is 12.8 Å². The van der Waals surface area contributed by atoms with E-state index in [0.717, 1.165) is 31.2 Å². The summed E-state index contributed by atoms with van der Waals surface area (Å²) in [6, 6.07) is 1.77. The smallest absolute Gasteiger partial charge is 0.289 e. The normalized spacial score (nSPS) is 18.3. The first-order valence-corrected chi connectivity index (χ1v) is 6.04. The van der Waals surface area contributed by atoms with Crippen LogP contribution in [0.2, 0.25) is 0 Å². The first-order chi connectivity index (χ1) is 8.02. The molecule has 0 bridgehead atoms. The van der Waals surface area contributed by atoms with Crippen molar-refractivity contribution >= 4 is 5.91 Å².